The van der Waals surface area contributed by atoms with Crippen molar-refractivity contribution in [2.24, 2.45) is 0 Å². The second kappa shape index (κ2) is 11.2. The van der Waals surface area contributed by atoms with Crippen LogP contribution in [0.2, 0.25) is 0 Å². The first-order valence-corrected chi connectivity index (χ1v) is 14.3. The first kappa shape index (κ1) is 27.1. The van der Waals surface area contributed by atoms with Crippen molar-refractivity contribution < 1.29 is 17.9 Å². The molecule has 0 atom stereocenters. The van der Waals surface area contributed by atoms with E-state index in [0.717, 1.165) is 25.5 Å². The zero-order valence-corrected chi connectivity index (χ0v) is 23.9. The van der Waals surface area contributed by atoms with Gasteiger partial charge in [0, 0.05) is 16.7 Å². The van der Waals surface area contributed by atoms with Crippen molar-refractivity contribution in [2.75, 3.05) is 5.32 Å². The number of amides is 1. The molecule has 0 aliphatic heterocycles. The van der Waals surface area contributed by atoms with E-state index in [1.807, 2.05) is 66.7 Å². The second-order valence-electron chi connectivity index (χ2n) is 9.68. The van der Waals surface area contributed by atoms with Crippen LogP contribution in [0, 0.1) is 3.57 Å². The molecule has 4 rings (SSSR count). The highest BCUT2D eigenvalue weighted by molar-refractivity contribution is 14.1. The number of fused-ring (bicyclic) bond motifs is 1. The fraction of sp³-hybridized carbons (Fsp3) is 0.207. The van der Waals surface area contributed by atoms with Gasteiger partial charge in [0.1, 0.15) is 5.60 Å². The van der Waals surface area contributed by atoms with Crippen molar-refractivity contribution in [3.63, 3.8) is 0 Å². The molecule has 0 fully saturated rings. The Kier molecular flexibility index (Phi) is 8.20. The van der Waals surface area contributed by atoms with Gasteiger partial charge in [-0.2, -0.15) is 4.31 Å². The molecule has 37 heavy (non-hydrogen) atoms. The highest BCUT2D eigenvalue weighted by atomic mass is 127. The van der Waals surface area contributed by atoms with Crippen molar-refractivity contribution in [3.05, 3.63) is 106 Å². The minimum Gasteiger partial charge on any atom is -0.444 e. The first-order chi connectivity index (χ1) is 17.5. The van der Waals surface area contributed by atoms with E-state index in [0.29, 0.717) is 5.69 Å². The van der Waals surface area contributed by atoms with Crippen molar-refractivity contribution in [3.8, 4) is 0 Å². The van der Waals surface area contributed by atoms with Crippen LogP contribution < -0.4 is 5.32 Å². The van der Waals surface area contributed by atoms with Gasteiger partial charge in [0.15, 0.2) is 0 Å². The molecule has 1 amide bonds. The number of benzene rings is 4. The third-order valence-corrected chi connectivity index (χ3v) is 8.55. The Hall–Kier alpha value is -2.95. The average Bonchev–Trinajstić information content (AvgIpc) is 2.85. The lowest BCUT2D eigenvalue weighted by Gasteiger charge is -2.23. The number of ether oxygens (including phenoxy) is 1. The van der Waals surface area contributed by atoms with Gasteiger partial charge in [-0.3, -0.25) is 5.32 Å². The fourth-order valence-electron chi connectivity index (χ4n) is 3.89. The first-order valence-electron chi connectivity index (χ1n) is 11.8. The Balaban J connectivity index is 1.66. The van der Waals surface area contributed by atoms with Crippen molar-refractivity contribution in [1.29, 1.82) is 0 Å². The summed E-state index contributed by atoms with van der Waals surface area (Å²) in [4.78, 5) is 12.5. The SMILES string of the molecule is CC(C)(C)OC(=O)Nc1ccc2cc(S(=O)(=O)N(Cc3ccccc3)Cc3ccccc3)ccc2c1I. The number of nitrogens with zero attached hydrogens (tertiary/aromatic N) is 1. The minimum absolute atomic E-state index is 0.218. The van der Waals surface area contributed by atoms with Crippen molar-refractivity contribution in [2.45, 2.75) is 44.4 Å². The summed E-state index contributed by atoms with van der Waals surface area (Å²) in [5.41, 5.74) is 1.82. The molecule has 6 nitrogen and oxygen atoms in total. The van der Waals surface area contributed by atoms with Crippen LogP contribution in [0.5, 0.6) is 0 Å². The van der Waals surface area contributed by atoms with E-state index >= 15 is 0 Å². The van der Waals surface area contributed by atoms with E-state index in [1.54, 1.807) is 45.0 Å². The maximum absolute atomic E-state index is 13.9. The molecule has 0 aliphatic rings. The van der Waals surface area contributed by atoms with Gasteiger partial charge in [0.05, 0.1) is 10.6 Å². The van der Waals surface area contributed by atoms with E-state index < -0.39 is 21.7 Å². The number of carbonyl (C=O) groups excluding carboxylic acids is 1. The van der Waals surface area contributed by atoms with Crippen LogP contribution in [0.15, 0.2) is 95.9 Å². The third kappa shape index (κ3) is 6.88. The quantitative estimate of drug-likeness (QED) is 0.220. The summed E-state index contributed by atoms with van der Waals surface area (Å²) >= 11 is 2.16. The Morgan fingerprint density at radius 2 is 1.43 bits per heavy atom. The number of hydrogen-bond donors (Lipinski definition) is 1. The average molecular weight is 629 g/mol. The normalized spacial score (nSPS) is 12.0. The molecule has 8 heteroatoms. The fourth-order valence-corrected chi connectivity index (χ4v) is 6.15. The molecular weight excluding hydrogens is 599 g/mol. The zero-order valence-electron chi connectivity index (χ0n) is 20.9. The topological polar surface area (TPSA) is 75.7 Å². The van der Waals surface area contributed by atoms with Crippen LogP contribution in [-0.4, -0.2) is 24.4 Å². The standard InChI is InChI=1S/C29H29IN2O4S/c1-29(2,3)36-28(33)31-26-17-14-23-18-24(15-16-25(23)27(26)30)37(34,35)32(19-21-10-6-4-7-11-21)20-22-12-8-5-9-13-22/h4-18H,19-20H2,1-3H3,(H,31,33). The molecule has 0 aliphatic carbocycles. The molecule has 0 saturated heterocycles. The van der Waals surface area contributed by atoms with E-state index in [2.05, 4.69) is 27.9 Å². The van der Waals surface area contributed by atoms with Crippen LogP contribution in [0.1, 0.15) is 31.9 Å². The Labute approximate surface area is 231 Å². The number of rotatable bonds is 7. The lowest BCUT2D eigenvalue weighted by molar-refractivity contribution is 0.0636. The zero-order chi connectivity index (χ0) is 26.6. The van der Waals surface area contributed by atoms with E-state index in [9.17, 15) is 13.2 Å². The lowest BCUT2D eigenvalue weighted by Crippen LogP contribution is -2.30. The summed E-state index contributed by atoms with van der Waals surface area (Å²) < 4.78 is 35.4. The smallest absolute Gasteiger partial charge is 0.412 e. The largest absolute Gasteiger partial charge is 0.444 e. The summed E-state index contributed by atoms with van der Waals surface area (Å²) in [5.74, 6) is 0. The predicted molar refractivity (Wildman–Crippen MR) is 156 cm³/mol. The number of carbonyl (C=O) groups is 1. The van der Waals surface area contributed by atoms with Gasteiger partial charge in [-0.05, 0) is 83.5 Å². The van der Waals surface area contributed by atoms with E-state index in [1.165, 1.54) is 4.31 Å². The predicted octanol–water partition coefficient (Wildman–Crippen LogP) is 7.18. The summed E-state index contributed by atoms with van der Waals surface area (Å²) in [6.45, 7) is 5.93. The number of halogens is 1. The number of anilines is 1. The maximum atomic E-state index is 13.9. The van der Waals surface area contributed by atoms with E-state index in [4.69, 9.17) is 4.74 Å². The number of nitrogens with one attached hydrogen (secondary N) is 1. The van der Waals surface area contributed by atoms with Gasteiger partial charge in [-0.15, -0.1) is 0 Å². The summed E-state index contributed by atoms with van der Waals surface area (Å²) in [7, 11) is -3.81. The van der Waals surface area contributed by atoms with Gasteiger partial charge in [-0.1, -0.05) is 72.8 Å². The van der Waals surface area contributed by atoms with Gasteiger partial charge in [0.2, 0.25) is 10.0 Å². The number of hydrogen-bond acceptors (Lipinski definition) is 4. The number of sulfonamides is 1. The molecule has 4 aromatic rings. The van der Waals surface area contributed by atoms with Crippen molar-refractivity contribution in [1.82, 2.24) is 4.31 Å². The third-order valence-electron chi connectivity index (χ3n) is 5.60. The molecule has 192 valence electrons. The Morgan fingerprint density at radius 1 is 0.865 bits per heavy atom. The summed E-state index contributed by atoms with van der Waals surface area (Å²) in [6.07, 6.45) is -0.540. The molecule has 4 aromatic carbocycles. The van der Waals surface area contributed by atoms with Gasteiger partial charge >= 0.3 is 6.09 Å². The monoisotopic (exact) mass is 628 g/mol. The summed E-state index contributed by atoms with van der Waals surface area (Å²) in [5, 5.41) is 4.38. The molecule has 0 radical (unpaired) electrons. The molecule has 0 bridgehead atoms. The van der Waals surface area contributed by atoms with Crippen LogP contribution in [0.3, 0.4) is 0 Å². The van der Waals surface area contributed by atoms with Crippen LogP contribution in [-0.2, 0) is 27.8 Å². The minimum atomic E-state index is -3.81. The van der Waals surface area contributed by atoms with Crippen LogP contribution in [0.25, 0.3) is 10.8 Å². The van der Waals surface area contributed by atoms with Crippen LogP contribution in [0.4, 0.5) is 10.5 Å². The molecule has 0 aromatic heterocycles. The molecule has 1 N–H and O–H groups in total. The molecule has 0 spiro atoms. The Bertz CT molecular complexity index is 1460. The van der Waals surface area contributed by atoms with Crippen LogP contribution >= 0.6 is 22.6 Å². The Morgan fingerprint density at radius 3 is 1.97 bits per heavy atom. The highest BCUT2D eigenvalue weighted by Crippen LogP contribution is 2.31. The molecule has 0 unspecified atom stereocenters. The van der Waals surface area contributed by atoms with Crippen molar-refractivity contribution >= 4 is 55.2 Å². The summed E-state index contributed by atoms with van der Waals surface area (Å²) in [6, 6.07) is 27.8. The lowest BCUT2D eigenvalue weighted by atomic mass is 10.1. The van der Waals surface area contributed by atoms with Gasteiger partial charge in [-0.25, -0.2) is 13.2 Å². The van der Waals surface area contributed by atoms with Gasteiger partial charge < -0.3 is 4.74 Å². The highest BCUT2D eigenvalue weighted by Gasteiger charge is 2.26. The van der Waals surface area contributed by atoms with Gasteiger partial charge in [0.25, 0.3) is 0 Å². The molecule has 0 heterocycles. The second-order valence-corrected chi connectivity index (χ2v) is 12.7. The molecule has 0 saturated carbocycles. The molecular formula is C29H29IN2O4S. The van der Waals surface area contributed by atoms with E-state index in [-0.39, 0.29) is 18.0 Å². The maximum Gasteiger partial charge on any atom is 0.412 e.